The van der Waals surface area contributed by atoms with E-state index < -0.39 is 41.9 Å². The molecule has 0 aliphatic rings. The van der Waals surface area contributed by atoms with E-state index in [4.69, 9.17) is 4.74 Å². The molecule has 43 heavy (non-hydrogen) atoms. The molecule has 3 aromatic carbocycles. The van der Waals surface area contributed by atoms with E-state index in [9.17, 15) is 29.6 Å². The molecule has 1 aromatic heterocycles. The molecule has 0 atom stereocenters. The molecule has 0 saturated heterocycles. The minimum Gasteiger partial charge on any atom is -0.744 e. The molecule has 0 saturated carbocycles. The number of carbonyl (C=O) groups excluding carboxylic acids is 1. The molecular formula is C30H35IN2O8S2. The molecule has 1 N–H and O–H groups in total. The Hall–Kier alpha value is -3.11. The molecule has 0 bridgehead atoms. The van der Waals surface area contributed by atoms with Crippen molar-refractivity contribution in [2.75, 3.05) is 0 Å². The monoisotopic (exact) mass is 742 g/mol. The number of nitrogens with zero attached hydrogens (tertiary/aromatic N) is 2. The van der Waals surface area contributed by atoms with E-state index >= 15 is 0 Å². The van der Waals surface area contributed by atoms with Gasteiger partial charge in [-0.1, -0.05) is 31.0 Å². The first-order valence-electron chi connectivity index (χ1n) is 13.3. The molecule has 0 radical (unpaired) electrons. The molecule has 0 fully saturated rings. The Morgan fingerprint density at radius 3 is 1.95 bits per heavy atom. The third-order valence-corrected chi connectivity index (χ3v) is 16.2. The van der Waals surface area contributed by atoms with E-state index in [0.29, 0.717) is 9.13 Å². The summed E-state index contributed by atoms with van der Waals surface area (Å²) in [5, 5.41) is 0. The number of aromatic nitrogens is 2. The number of imidazole rings is 1. The molecule has 4 aromatic rings. The number of esters is 1. The summed E-state index contributed by atoms with van der Waals surface area (Å²) < 4.78 is 77.0. The van der Waals surface area contributed by atoms with Crippen LogP contribution in [-0.2, 0) is 42.1 Å². The first-order chi connectivity index (χ1) is 20.2. The van der Waals surface area contributed by atoms with Gasteiger partial charge in [-0.25, -0.2) is 8.42 Å². The second-order valence-electron chi connectivity index (χ2n) is 9.77. The van der Waals surface area contributed by atoms with Crippen molar-refractivity contribution in [3.8, 4) is 0 Å². The van der Waals surface area contributed by atoms with Crippen molar-refractivity contribution in [3.05, 3.63) is 111 Å². The van der Waals surface area contributed by atoms with Gasteiger partial charge in [0.15, 0.2) is 0 Å². The van der Waals surface area contributed by atoms with Gasteiger partial charge in [-0.05, 0) is 19.1 Å². The maximum atomic E-state index is 12.7. The SMILES string of the molecule is CCCC[n+]1cc(COC(=O)c2ccc(I(O)S(=O)(=O)c3ccc(C)cc3)cc2)n(C)c1.Cc1ccc(S(=O)(=O)[O-])cc1. The third kappa shape index (κ3) is 9.69. The van der Waals surface area contributed by atoms with Gasteiger partial charge in [-0.3, -0.25) is 0 Å². The van der Waals surface area contributed by atoms with Crippen LogP contribution < -0.4 is 4.57 Å². The average molecular weight is 743 g/mol. The number of rotatable bonds is 10. The smallest absolute Gasteiger partial charge is 0.124 e. The van der Waals surface area contributed by atoms with Crippen molar-refractivity contribution in [2.24, 2.45) is 7.05 Å². The Morgan fingerprint density at radius 1 is 0.907 bits per heavy atom. The third-order valence-electron chi connectivity index (χ3n) is 6.28. The number of benzene rings is 3. The second kappa shape index (κ2) is 15.1. The van der Waals surface area contributed by atoms with Gasteiger partial charge >= 0.3 is 182 Å². The molecule has 0 aliphatic heterocycles. The minimum absolute atomic E-state index is 0.109. The predicted molar refractivity (Wildman–Crippen MR) is 169 cm³/mol. The van der Waals surface area contributed by atoms with Crippen LogP contribution in [0, 0.1) is 17.4 Å². The van der Waals surface area contributed by atoms with Crippen LogP contribution in [0.2, 0.25) is 0 Å². The van der Waals surface area contributed by atoms with E-state index in [1.807, 2.05) is 38.0 Å². The molecular weight excluding hydrogens is 707 g/mol. The maximum absolute atomic E-state index is 12.7. The minimum atomic E-state index is -4.27. The largest absolute Gasteiger partial charge is 0.744 e. The van der Waals surface area contributed by atoms with Crippen molar-refractivity contribution < 1.29 is 38.9 Å². The van der Waals surface area contributed by atoms with Crippen molar-refractivity contribution >= 4 is 41.9 Å². The van der Waals surface area contributed by atoms with E-state index in [1.54, 1.807) is 24.3 Å². The summed E-state index contributed by atoms with van der Waals surface area (Å²) in [6, 6.07) is 18.2. The van der Waals surface area contributed by atoms with E-state index in [0.717, 1.165) is 36.2 Å². The second-order valence-corrected chi connectivity index (χ2v) is 20.5. The number of hydrogen-bond donors (Lipinski definition) is 1. The standard InChI is InChI=1S/C23H28IN2O5S.C7H8O3S/c1-4-5-14-26-15-21(25(3)17-26)16-31-23(27)19-8-10-20(11-9-19)24(28)32(29,30)22-12-6-18(2)7-13-22;1-6-2-4-7(5-3-6)11(8,9)10/h6-13,15,17,28H,4-5,14,16H2,1-3H3;2-5H,1H3,(H,8,9,10)/q+1;/p-1. The molecule has 13 heteroatoms. The topological polar surface area (TPSA) is 147 Å². The summed E-state index contributed by atoms with van der Waals surface area (Å²) in [5.41, 5.74) is 3.05. The van der Waals surface area contributed by atoms with Crippen molar-refractivity contribution in [2.45, 2.75) is 56.6 Å². The Labute approximate surface area is 259 Å². The van der Waals surface area contributed by atoms with Crippen molar-refractivity contribution in [1.29, 1.82) is 0 Å². The van der Waals surface area contributed by atoms with Gasteiger partial charge in [0.1, 0.15) is 10.1 Å². The zero-order chi connectivity index (χ0) is 31.8. The number of aryl methyl sites for hydroxylation is 4. The van der Waals surface area contributed by atoms with Gasteiger partial charge in [0.2, 0.25) is 0 Å². The number of halogens is 1. The van der Waals surface area contributed by atoms with Crippen molar-refractivity contribution in [1.82, 2.24) is 4.57 Å². The fourth-order valence-electron chi connectivity index (χ4n) is 3.74. The summed E-state index contributed by atoms with van der Waals surface area (Å²) in [7, 11) is -6.17. The predicted octanol–water partition coefficient (Wildman–Crippen LogP) is 4.65. The number of unbranched alkanes of at least 4 members (excludes halogenated alkanes) is 1. The summed E-state index contributed by atoms with van der Waals surface area (Å²) in [5.74, 6) is -0.502. The summed E-state index contributed by atoms with van der Waals surface area (Å²) in [6.07, 6.45) is 6.11. The summed E-state index contributed by atoms with van der Waals surface area (Å²) >= 11 is -3.53. The Kier molecular flexibility index (Phi) is 12.0. The molecule has 4 rings (SSSR count). The molecule has 232 valence electrons. The van der Waals surface area contributed by atoms with Gasteiger partial charge in [-0.15, -0.1) is 0 Å². The van der Waals surface area contributed by atoms with Crippen LogP contribution in [0.1, 0.15) is 46.9 Å². The van der Waals surface area contributed by atoms with Gasteiger partial charge in [0.25, 0.3) is 0 Å². The molecule has 0 spiro atoms. The van der Waals surface area contributed by atoms with E-state index in [1.165, 1.54) is 48.5 Å². The number of ether oxygens (including phenoxy) is 1. The van der Waals surface area contributed by atoms with Gasteiger partial charge in [-0.2, -0.15) is 0 Å². The summed E-state index contributed by atoms with van der Waals surface area (Å²) in [4.78, 5) is 12.4. The molecule has 1 heterocycles. The average Bonchev–Trinajstić information content (AvgIpc) is 3.33. The van der Waals surface area contributed by atoms with Gasteiger partial charge in [0.05, 0.1) is 4.90 Å². The number of hydrogen-bond acceptors (Lipinski definition) is 8. The van der Waals surface area contributed by atoms with Gasteiger partial charge in [0, 0.05) is 0 Å². The van der Waals surface area contributed by atoms with Crippen LogP contribution in [-0.4, -0.2) is 35.4 Å². The zero-order valence-electron chi connectivity index (χ0n) is 24.3. The van der Waals surface area contributed by atoms with Crippen LogP contribution in [0.5, 0.6) is 0 Å². The molecule has 10 nitrogen and oxygen atoms in total. The van der Waals surface area contributed by atoms with Crippen LogP contribution in [0.25, 0.3) is 0 Å². The van der Waals surface area contributed by atoms with E-state index in [-0.39, 0.29) is 16.4 Å². The van der Waals surface area contributed by atoms with Crippen LogP contribution in [0.3, 0.4) is 0 Å². The summed E-state index contributed by atoms with van der Waals surface area (Å²) in [6.45, 7) is 6.87. The first-order valence-corrected chi connectivity index (χ1v) is 20.8. The first kappa shape index (κ1) is 34.4. The Bertz CT molecular complexity index is 1740. The van der Waals surface area contributed by atoms with E-state index in [2.05, 4.69) is 11.5 Å². The molecule has 0 unspecified atom stereocenters. The zero-order valence-corrected chi connectivity index (χ0v) is 28.1. The quantitative estimate of drug-likeness (QED) is 0.0813. The molecule has 0 amide bonds. The Morgan fingerprint density at radius 2 is 1.44 bits per heavy atom. The Balaban J connectivity index is 0.000000386. The van der Waals surface area contributed by atoms with Crippen LogP contribution in [0.15, 0.2) is 95.1 Å². The number of carbonyl (C=O) groups is 1. The van der Waals surface area contributed by atoms with Crippen molar-refractivity contribution in [3.63, 3.8) is 0 Å². The van der Waals surface area contributed by atoms with Gasteiger partial charge < -0.3 is 4.55 Å². The fraction of sp³-hybridized carbons (Fsp3) is 0.267. The normalized spacial score (nSPS) is 11.8. The van der Waals surface area contributed by atoms with Crippen LogP contribution >= 0.6 is 18.8 Å². The molecule has 0 aliphatic carbocycles. The maximum Gasteiger partial charge on any atom is 0.124 e. The van der Waals surface area contributed by atoms with Crippen LogP contribution in [0.4, 0.5) is 0 Å². The fourth-order valence-corrected chi connectivity index (χ4v) is 11.1.